The summed E-state index contributed by atoms with van der Waals surface area (Å²) >= 11 is 0. The summed E-state index contributed by atoms with van der Waals surface area (Å²) in [4.78, 5) is 0. The Bertz CT molecular complexity index is 946. The fourth-order valence-corrected chi connectivity index (χ4v) is 3.61. The highest BCUT2D eigenvalue weighted by Crippen LogP contribution is 2.23. The summed E-state index contributed by atoms with van der Waals surface area (Å²) in [6.07, 6.45) is 1.09. The van der Waals surface area contributed by atoms with Gasteiger partial charge in [0.2, 0.25) is 0 Å². The molecule has 3 nitrogen and oxygen atoms in total. The van der Waals surface area contributed by atoms with E-state index in [9.17, 15) is 0 Å². The SMILES string of the molecule is c1ccc2c(NCCCNCCNc3cccc4ccccc34)cccc2c1. The van der Waals surface area contributed by atoms with Crippen LogP contribution >= 0.6 is 0 Å². The van der Waals surface area contributed by atoms with Crippen LogP contribution in [-0.2, 0) is 0 Å². The van der Waals surface area contributed by atoms with E-state index in [0.717, 1.165) is 32.6 Å². The van der Waals surface area contributed by atoms with Crippen LogP contribution in [0.5, 0.6) is 0 Å². The van der Waals surface area contributed by atoms with Crippen LogP contribution in [0.4, 0.5) is 11.4 Å². The molecule has 0 atom stereocenters. The molecule has 0 aliphatic rings. The monoisotopic (exact) mass is 369 g/mol. The van der Waals surface area contributed by atoms with Crippen molar-refractivity contribution in [3.63, 3.8) is 0 Å². The molecule has 3 heteroatoms. The fourth-order valence-electron chi connectivity index (χ4n) is 3.61. The third-order valence-corrected chi connectivity index (χ3v) is 5.04. The molecule has 0 aliphatic carbocycles. The molecule has 4 aromatic rings. The second kappa shape index (κ2) is 9.25. The average molecular weight is 370 g/mol. The van der Waals surface area contributed by atoms with Crippen molar-refractivity contribution in [2.45, 2.75) is 6.42 Å². The van der Waals surface area contributed by atoms with Gasteiger partial charge in [0.25, 0.3) is 0 Å². The van der Waals surface area contributed by atoms with Gasteiger partial charge in [-0.1, -0.05) is 72.8 Å². The minimum atomic E-state index is 0.921. The van der Waals surface area contributed by atoms with E-state index in [1.807, 2.05) is 0 Å². The van der Waals surface area contributed by atoms with Gasteiger partial charge in [0, 0.05) is 41.8 Å². The second-order valence-corrected chi connectivity index (χ2v) is 7.01. The number of hydrogen-bond acceptors (Lipinski definition) is 3. The third-order valence-electron chi connectivity index (χ3n) is 5.04. The molecule has 4 rings (SSSR count). The Kier molecular flexibility index (Phi) is 6.05. The van der Waals surface area contributed by atoms with Crippen molar-refractivity contribution in [1.29, 1.82) is 0 Å². The minimum Gasteiger partial charge on any atom is -0.384 e. The molecule has 0 spiro atoms. The Morgan fingerprint density at radius 2 is 1.00 bits per heavy atom. The van der Waals surface area contributed by atoms with Crippen molar-refractivity contribution >= 4 is 32.9 Å². The highest BCUT2D eigenvalue weighted by atomic mass is 14.9. The van der Waals surface area contributed by atoms with Gasteiger partial charge < -0.3 is 16.0 Å². The number of hydrogen-bond donors (Lipinski definition) is 3. The van der Waals surface area contributed by atoms with Crippen molar-refractivity contribution in [3.05, 3.63) is 84.9 Å². The molecule has 28 heavy (non-hydrogen) atoms. The lowest BCUT2D eigenvalue weighted by Crippen LogP contribution is -2.24. The molecule has 0 aliphatic heterocycles. The molecule has 4 aromatic carbocycles. The second-order valence-electron chi connectivity index (χ2n) is 7.01. The summed E-state index contributed by atoms with van der Waals surface area (Å²) in [7, 11) is 0. The van der Waals surface area contributed by atoms with E-state index in [1.165, 1.54) is 32.9 Å². The van der Waals surface area contributed by atoms with E-state index in [1.54, 1.807) is 0 Å². The van der Waals surface area contributed by atoms with Crippen LogP contribution in [0, 0.1) is 0 Å². The molecule has 0 fully saturated rings. The average Bonchev–Trinajstić information content (AvgIpc) is 2.76. The molecule has 0 heterocycles. The van der Waals surface area contributed by atoms with Crippen molar-refractivity contribution in [3.8, 4) is 0 Å². The number of anilines is 2. The van der Waals surface area contributed by atoms with Crippen LogP contribution in [-0.4, -0.2) is 26.2 Å². The zero-order valence-electron chi connectivity index (χ0n) is 16.1. The normalized spacial score (nSPS) is 11.0. The van der Waals surface area contributed by atoms with E-state index < -0.39 is 0 Å². The van der Waals surface area contributed by atoms with Crippen LogP contribution in [0.1, 0.15) is 6.42 Å². The third kappa shape index (κ3) is 4.44. The number of nitrogens with one attached hydrogen (secondary N) is 3. The first-order chi connectivity index (χ1) is 13.9. The molecule has 142 valence electrons. The van der Waals surface area contributed by atoms with Crippen LogP contribution in [0.25, 0.3) is 21.5 Å². The van der Waals surface area contributed by atoms with Gasteiger partial charge in [0.15, 0.2) is 0 Å². The van der Waals surface area contributed by atoms with Crippen molar-refractivity contribution < 1.29 is 0 Å². The van der Waals surface area contributed by atoms with Crippen molar-refractivity contribution in [2.24, 2.45) is 0 Å². The van der Waals surface area contributed by atoms with Crippen LogP contribution in [0.3, 0.4) is 0 Å². The number of rotatable bonds is 9. The first-order valence-corrected chi connectivity index (χ1v) is 10.1. The lowest BCUT2D eigenvalue weighted by Gasteiger charge is -2.12. The van der Waals surface area contributed by atoms with Gasteiger partial charge in [0.05, 0.1) is 0 Å². The smallest absolute Gasteiger partial charge is 0.0420 e. The van der Waals surface area contributed by atoms with Gasteiger partial charge in [-0.25, -0.2) is 0 Å². The molecule has 0 saturated heterocycles. The van der Waals surface area contributed by atoms with Gasteiger partial charge in [-0.2, -0.15) is 0 Å². The highest BCUT2D eigenvalue weighted by molar-refractivity contribution is 5.94. The summed E-state index contributed by atoms with van der Waals surface area (Å²) in [5, 5.41) is 15.8. The largest absolute Gasteiger partial charge is 0.384 e. The maximum Gasteiger partial charge on any atom is 0.0420 e. The zero-order chi connectivity index (χ0) is 19.0. The van der Waals surface area contributed by atoms with E-state index in [0.29, 0.717) is 0 Å². The lowest BCUT2D eigenvalue weighted by molar-refractivity contribution is 0.675. The van der Waals surface area contributed by atoms with Gasteiger partial charge in [-0.05, 0) is 35.9 Å². The van der Waals surface area contributed by atoms with E-state index in [4.69, 9.17) is 0 Å². The van der Waals surface area contributed by atoms with Crippen LogP contribution < -0.4 is 16.0 Å². The van der Waals surface area contributed by atoms with Crippen molar-refractivity contribution in [1.82, 2.24) is 5.32 Å². The Morgan fingerprint density at radius 1 is 0.464 bits per heavy atom. The highest BCUT2D eigenvalue weighted by Gasteiger charge is 2.00. The quantitative estimate of drug-likeness (QED) is 0.341. The maximum absolute atomic E-state index is 3.57. The molecule has 0 amide bonds. The van der Waals surface area contributed by atoms with Gasteiger partial charge in [-0.3, -0.25) is 0 Å². The fraction of sp³-hybridized carbons (Fsp3) is 0.200. The summed E-state index contributed by atoms with van der Waals surface area (Å²) in [6.45, 7) is 3.86. The van der Waals surface area contributed by atoms with Crippen molar-refractivity contribution in [2.75, 3.05) is 36.8 Å². The topological polar surface area (TPSA) is 36.1 Å². The van der Waals surface area contributed by atoms with Gasteiger partial charge in [-0.15, -0.1) is 0 Å². The molecular weight excluding hydrogens is 342 g/mol. The summed E-state index contributed by atoms with van der Waals surface area (Å²) in [5.41, 5.74) is 2.42. The zero-order valence-corrected chi connectivity index (χ0v) is 16.1. The molecule has 0 bridgehead atoms. The van der Waals surface area contributed by atoms with E-state index in [2.05, 4.69) is 101 Å². The van der Waals surface area contributed by atoms with E-state index in [-0.39, 0.29) is 0 Å². The van der Waals surface area contributed by atoms with Crippen LogP contribution in [0.15, 0.2) is 84.9 Å². The predicted molar refractivity (Wildman–Crippen MR) is 122 cm³/mol. The Hall–Kier alpha value is -3.04. The molecule has 0 unspecified atom stereocenters. The number of benzene rings is 4. The molecule has 0 aromatic heterocycles. The summed E-state index contributed by atoms with van der Waals surface area (Å²) in [5.74, 6) is 0. The standard InChI is InChI=1S/C25H27N3/c1-3-12-22-20(8-1)10-5-14-24(22)27-17-7-16-26-18-19-28-25-15-6-11-21-9-2-4-13-23(21)25/h1-6,8-15,26-28H,7,16-19H2. The Labute approximate surface area is 166 Å². The van der Waals surface area contributed by atoms with Gasteiger partial charge in [0.1, 0.15) is 0 Å². The van der Waals surface area contributed by atoms with Crippen LogP contribution in [0.2, 0.25) is 0 Å². The molecule has 3 N–H and O–H groups in total. The summed E-state index contributed by atoms with van der Waals surface area (Å²) < 4.78 is 0. The first-order valence-electron chi connectivity index (χ1n) is 10.1. The Balaban J connectivity index is 1.16. The molecular formula is C25H27N3. The molecule has 0 radical (unpaired) electrons. The van der Waals surface area contributed by atoms with E-state index >= 15 is 0 Å². The minimum absolute atomic E-state index is 0.921. The predicted octanol–water partition coefficient (Wildman–Crippen LogP) is 5.50. The lowest BCUT2D eigenvalue weighted by atomic mass is 10.1. The van der Waals surface area contributed by atoms with Gasteiger partial charge >= 0.3 is 0 Å². The maximum atomic E-state index is 3.57. The molecule has 0 saturated carbocycles. The summed E-state index contributed by atoms with van der Waals surface area (Å²) in [6, 6.07) is 29.9. The Morgan fingerprint density at radius 3 is 1.64 bits per heavy atom. The number of fused-ring (bicyclic) bond motifs is 2. The first kappa shape index (κ1) is 18.3.